The quantitative estimate of drug-likeness (QED) is 0.692. The summed E-state index contributed by atoms with van der Waals surface area (Å²) >= 11 is 0. The van der Waals surface area contributed by atoms with Crippen molar-refractivity contribution < 1.29 is 4.74 Å². The van der Waals surface area contributed by atoms with Crippen LogP contribution in [0.15, 0.2) is 18.2 Å². The lowest BCUT2D eigenvalue weighted by Gasteiger charge is -2.12. The second-order valence-electron chi connectivity index (χ2n) is 3.11. The van der Waals surface area contributed by atoms with Gasteiger partial charge in [-0.05, 0) is 31.9 Å². The van der Waals surface area contributed by atoms with E-state index < -0.39 is 0 Å². The van der Waals surface area contributed by atoms with Gasteiger partial charge in [0, 0.05) is 0 Å². The third-order valence-electron chi connectivity index (χ3n) is 1.89. The molecule has 0 spiro atoms. The standard InChI is InChI=1S/C11H13NO/c1-8-5-4-6-9(2)11(8)13-10(3)7-12/h4-6,10H,1-3H3. The van der Waals surface area contributed by atoms with Crippen molar-refractivity contribution in [2.45, 2.75) is 26.9 Å². The molecule has 0 saturated carbocycles. The van der Waals surface area contributed by atoms with Crippen molar-refractivity contribution in [2.24, 2.45) is 0 Å². The Morgan fingerprint density at radius 1 is 1.31 bits per heavy atom. The molecule has 0 bridgehead atoms. The van der Waals surface area contributed by atoms with Gasteiger partial charge in [0.25, 0.3) is 0 Å². The summed E-state index contributed by atoms with van der Waals surface area (Å²) in [5, 5.41) is 8.60. The molecule has 0 radical (unpaired) electrons. The number of nitrogens with zero attached hydrogens (tertiary/aromatic N) is 1. The number of aryl methyl sites for hydroxylation is 2. The predicted molar refractivity (Wildman–Crippen MR) is 51.6 cm³/mol. The fraction of sp³-hybridized carbons (Fsp3) is 0.364. The molecule has 1 aromatic rings. The normalized spacial score (nSPS) is 11.8. The van der Waals surface area contributed by atoms with Gasteiger partial charge in [0.15, 0.2) is 6.10 Å². The summed E-state index contributed by atoms with van der Waals surface area (Å²) in [7, 11) is 0. The van der Waals surface area contributed by atoms with E-state index in [9.17, 15) is 0 Å². The van der Waals surface area contributed by atoms with E-state index in [-0.39, 0.29) is 6.10 Å². The van der Waals surface area contributed by atoms with Crippen molar-refractivity contribution in [3.8, 4) is 11.8 Å². The Labute approximate surface area is 78.8 Å². The minimum atomic E-state index is -0.389. The molecule has 0 heterocycles. The molecule has 1 atom stereocenters. The molecule has 68 valence electrons. The average Bonchev–Trinajstić information content (AvgIpc) is 2.11. The lowest BCUT2D eigenvalue weighted by molar-refractivity contribution is 0.273. The highest BCUT2D eigenvalue weighted by Gasteiger charge is 2.06. The average molecular weight is 175 g/mol. The van der Waals surface area contributed by atoms with Gasteiger partial charge in [-0.2, -0.15) is 5.26 Å². The van der Waals surface area contributed by atoms with E-state index in [1.807, 2.05) is 38.1 Å². The Hall–Kier alpha value is -1.49. The van der Waals surface area contributed by atoms with Crippen LogP contribution in [0.1, 0.15) is 18.1 Å². The first kappa shape index (κ1) is 9.60. The van der Waals surface area contributed by atoms with Crippen molar-refractivity contribution in [3.63, 3.8) is 0 Å². The highest BCUT2D eigenvalue weighted by molar-refractivity contribution is 5.40. The number of hydrogen-bond acceptors (Lipinski definition) is 2. The predicted octanol–water partition coefficient (Wildman–Crippen LogP) is 2.59. The second-order valence-corrected chi connectivity index (χ2v) is 3.11. The van der Waals surface area contributed by atoms with Gasteiger partial charge in [0.2, 0.25) is 0 Å². The van der Waals surface area contributed by atoms with E-state index in [0.717, 1.165) is 16.9 Å². The van der Waals surface area contributed by atoms with Crippen LogP contribution in [0.25, 0.3) is 0 Å². The molecule has 0 saturated heterocycles. The van der Waals surface area contributed by atoms with Crippen LogP contribution < -0.4 is 4.74 Å². The molecule has 0 amide bonds. The van der Waals surface area contributed by atoms with Gasteiger partial charge < -0.3 is 4.74 Å². The molecule has 0 aromatic heterocycles. The monoisotopic (exact) mass is 175 g/mol. The van der Waals surface area contributed by atoms with E-state index in [1.54, 1.807) is 6.92 Å². The van der Waals surface area contributed by atoms with Crippen molar-refractivity contribution in [3.05, 3.63) is 29.3 Å². The molecular formula is C11H13NO. The van der Waals surface area contributed by atoms with Crippen LogP contribution in [0, 0.1) is 25.2 Å². The molecule has 0 aliphatic carbocycles. The van der Waals surface area contributed by atoms with Crippen LogP contribution in [0.4, 0.5) is 0 Å². The van der Waals surface area contributed by atoms with Gasteiger partial charge in [-0.1, -0.05) is 18.2 Å². The molecule has 0 aliphatic rings. The summed E-state index contributed by atoms with van der Waals surface area (Å²) in [4.78, 5) is 0. The third-order valence-corrected chi connectivity index (χ3v) is 1.89. The highest BCUT2D eigenvalue weighted by Crippen LogP contribution is 2.23. The van der Waals surface area contributed by atoms with Crippen molar-refractivity contribution in [2.75, 3.05) is 0 Å². The Balaban J connectivity index is 2.95. The summed E-state index contributed by atoms with van der Waals surface area (Å²) in [6.45, 7) is 5.70. The van der Waals surface area contributed by atoms with Crippen LogP contribution in [-0.2, 0) is 0 Å². The van der Waals surface area contributed by atoms with E-state index >= 15 is 0 Å². The molecule has 0 aliphatic heterocycles. The van der Waals surface area contributed by atoms with E-state index in [2.05, 4.69) is 0 Å². The molecule has 0 N–H and O–H groups in total. The van der Waals surface area contributed by atoms with Crippen molar-refractivity contribution in [1.29, 1.82) is 5.26 Å². The van der Waals surface area contributed by atoms with E-state index in [1.165, 1.54) is 0 Å². The van der Waals surface area contributed by atoms with Crippen LogP contribution >= 0.6 is 0 Å². The van der Waals surface area contributed by atoms with Gasteiger partial charge in [-0.3, -0.25) is 0 Å². The maximum Gasteiger partial charge on any atom is 0.181 e. The number of rotatable bonds is 2. The zero-order valence-electron chi connectivity index (χ0n) is 8.16. The smallest absolute Gasteiger partial charge is 0.181 e. The molecule has 0 fully saturated rings. The van der Waals surface area contributed by atoms with Gasteiger partial charge in [-0.15, -0.1) is 0 Å². The first-order valence-corrected chi connectivity index (χ1v) is 4.27. The number of para-hydroxylation sites is 1. The van der Waals surface area contributed by atoms with Gasteiger partial charge in [0.1, 0.15) is 11.8 Å². The number of ether oxygens (including phenoxy) is 1. The van der Waals surface area contributed by atoms with Crippen LogP contribution in [0.5, 0.6) is 5.75 Å². The summed E-state index contributed by atoms with van der Waals surface area (Å²) in [5.74, 6) is 0.830. The van der Waals surface area contributed by atoms with E-state index in [0.29, 0.717) is 0 Å². The minimum absolute atomic E-state index is 0.389. The SMILES string of the molecule is Cc1cccc(C)c1OC(C)C#N. The molecule has 2 nitrogen and oxygen atoms in total. The summed E-state index contributed by atoms with van der Waals surface area (Å²) < 4.78 is 5.46. The van der Waals surface area contributed by atoms with Gasteiger partial charge in [0.05, 0.1) is 0 Å². The van der Waals surface area contributed by atoms with Gasteiger partial charge in [-0.25, -0.2) is 0 Å². The first-order chi connectivity index (χ1) is 6.15. The Morgan fingerprint density at radius 2 is 1.85 bits per heavy atom. The molecule has 1 rings (SSSR count). The zero-order chi connectivity index (χ0) is 9.84. The largest absolute Gasteiger partial charge is 0.475 e. The lowest BCUT2D eigenvalue weighted by Crippen LogP contribution is -2.09. The van der Waals surface area contributed by atoms with Crippen LogP contribution in [-0.4, -0.2) is 6.10 Å². The molecule has 2 heteroatoms. The lowest BCUT2D eigenvalue weighted by atomic mass is 10.1. The minimum Gasteiger partial charge on any atom is -0.475 e. The van der Waals surface area contributed by atoms with Crippen molar-refractivity contribution >= 4 is 0 Å². The van der Waals surface area contributed by atoms with Gasteiger partial charge >= 0.3 is 0 Å². The summed E-state index contributed by atoms with van der Waals surface area (Å²) in [6.07, 6.45) is -0.389. The maximum absolute atomic E-state index is 8.60. The zero-order valence-corrected chi connectivity index (χ0v) is 8.16. The highest BCUT2D eigenvalue weighted by atomic mass is 16.5. The summed E-state index contributed by atoms with van der Waals surface area (Å²) in [5.41, 5.74) is 2.14. The molecule has 13 heavy (non-hydrogen) atoms. The third kappa shape index (κ3) is 2.22. The number of nitriles is 1. The van der Waals surface area contributed by atoms with Crippen molar-refractivity contribution in [1.82, 2.24) is 0 Å². The number of hydrogen-bond donors (Lipinski definition) is 0. The summed E-state index contributed by atoms with van der Waals surface area (Å²) in [6, 6.07) is 7.98. The molecular weight excluding hydrogens is 162 g/mol. The topological polar surface area (TPSA) is 33.0 Å². The molecule has 1 unspecified atom stereocenters. The fourth-order valence-corrected chi connectivity index (χ4v) is 1.19. The molecule has 1 aromatic carbocycles. The maximum atomic E-state index is 8.60. The van der Waals surface area contributed by atoms with E-state index in [4.69, 9.17) is 10.00 Å². The van der Waals surface area contributed by atoms with Crippen LogP contribution in [0.3, 0.4) is 0 Å². The number of benzene rings is 1. The second kappa shape index (κ2) is 3.95. The fourth-order valence-electron chi connectivity index (χ4n) is 1.19. The first-order valence-electron chi connectivity index (χ1n) is 4.27. The Morgan fingerprint density at radius 3 is 2.31 bits per heavy atom. The Kier molecular flexibility index (Phi) is 2.92. The van der Waals surface area contributed by atoms with Crippen LogP contribution in [0.2, 0.25) is 0 Å². The Bertz CT molecular complexity index is 318.